The molecule has 1 heterocycles. The Balaban J connectivity index is 2.20. The molecule has 0 aromatic rings. The van der Waals surface area contributed by atoms with Gasteiger partial charge < -0.3 is 0 Å². The predicted octanol–water partition coefficient (Wildman–Crippen LogP) is 2.13. The molecule has 0 aromatic carbocycles. The molecule has 11 heavy (non-hydrogen) atoms. The number of alkyl halides is 2. The highest BCUT2D eigenvalue weighted by molar-refractivity contribution is 4.63. The van der Waals surface area contributed by atoms with Crippen molar-refractivity contribution in [3.63, 3.8) is 0 Å². The number of nitrogens with zero attached hydrogens (tertiary/aromatic N) is 1. The van der Waals surface area contributed by atoms with Crippen LogP contribution in [-0.4, -0.2) is 31.0 Å². The molecule has 66 valence electrons. The van der Waals surface area contributed by atoms with Gasteiger partial charge in [0.05, 0.1) is 6.54 Å². The summed E-state index contributed by atoms with van der Waals surface area (Å²) in [7, 11) is 0. The first-order valence-corrected chi connectivity index (χ1v) is 4.29. The molecule has 0 unspecified atom stereocenters. The average molecular weight is 163 g/mol. The normalized spacial score (nSPS) is 22.1. The zero-order valence-electron chi connectivity index (χ0n) is 6.73. The molecule has 1 nitrogen and oxygen atoms in total. The van der Waals surface area contributed by atoms with Crippen LogP contribution in [0.25, 0.3) is 0 Å². The van der Waals surface area contributed by atoms with Gasteiger partial charge in [-0.1, -0.05) is 12.8 Å². The summed E-state index contributed by atoms with van der Waals surface area (Å²) in [6, 6.07) is 0. The van der Waals surface area contributed by atoms with E-state index in [4.69, 9.17) is 0 Å². The molecule has 0 aromatic heterocycles. The van der Waals surface area contributed by atoms with Gasteiger partial charge in [0.15, 0.2) is 0 Å². The second-order valence-corrected chi connectivity index (χ2v) is 3.11. The lowest BCUT2D eigenvalue weighted by atomic mass is 10.2. The van der Waals surface area contributed by atoms with E-state index in [9.17, 15) is 8.78 Å². The van der Waals surface area contributed by atoms with E-state index in [-0.39, 0.29) is 6.54 Å². The first kappa shape index (κ1) is 8.91. The minimum atomic E-state index is -2.16. The van der Waals surface area contributed by atoms with Crippen molar-refractivity contribution in [1.82, 2.24) is 4.90 Å². The largest absolute Gasteiger partial charge is 0.298 e. The van der Waals surface area contributed by atoms with Gasteiger partial charge in [-0.05, 0) is 25.9 Å². The molecule has 1 aliphatic heterocycles. The zero-order chi connectivity index (χ0) is 8.10. The molecule has 0 atom stereocenters. The van der Waals surface area contributed by atoms with E-state index in [2.05, 4.69) is 0 Å². The molecule has 1 saturated heterocycles. The standard InChI is InChI=1S/C8H15F2N/c9-8(10)7-11-5-3-1-2-4-6-11/h8H,1-7H2. The third-order valence-electron chi connectivity index (χ3n) is 2.09. The van der Waals surface area contributed by atoms with Crippen molar-refractivity contribution < 1.29 is 8.78 Å². The van der Waals surface area contributed by atoms with Crippen LogP contribution in [0.1, 0.15) is 25.7 Å². The Labute approximate surface area is 66.4 Å². The molecule has 0 aliphatic carbocycles. The molecule has 1 rings (SSSR count). The first-order chi connectivity index (χ1) is 5.29. The molecule has 0 N–H and O–H groups in total. The van der Waals surface area contributed by atoms with Crippen LogP contribution >= 0.6 is 0 Å². The van der Waals surface area contributed by atoms with Crippen molar-refractivity contribution in [2.24, 2.45) is 0 Å². The minimum absolute atomic E-state index is 0.0278. The molecule has 0 spiro atoms. The van der Waals surface area contributed by atoms with Gasteiger partial charge in [-0.15, -0.1) is 0 Å². The lowest BCUT2D eigenvalue weighted by Gasteiger charge is -2.18. The Bertz CT molecular complexity index is 98.3. The van der Waals surface area contributed by atoms with Crippen LogP contribution in [0.5, 0.6) is 0 Å². The fourth-order valence-corrected chi connectivity index (χ4v) is 1.51. The number of rotatable bonds is 2. The summed E-state index contributed by atoms with van der Waals surface area (Å²) in [6.45, 7) is 1.70. The van der Waals surface area contributed by atoms with E-state index in [0.717, 1.165) is 25.9 Å². The highest BCUT2D eigenvalue weighted by Crippen LogP contribution is 2.10. The van der Waals surface area contributed by atoms with Crippen molar-refractivity contribution in [3.05, 3.63) is 0 Å². The van der Waals surface area contributed by atoms with Gasteiger partial charge >= 0.3 is 0 Å². The number of halogens is 2. The Morgan fingerprint density at radius 3 is 2.00 bits per heavy atom. The fourth-order valence-electron chi connectivity index (χ4n) is 1.51. The van der Waals surface area contributed by atoms with Gasteiger partial charge in [0.2, 0.25) is 0 Å². The second kappa shape index (κ2) is 4.65. The first-order valence-electron chi connectivity index (χ1n) is 4.29. The third-order valence-corrected chi connectivity index (χ3v) is 2.09. The summed E-state index contributed by atoms with van der Waals surface area (Å²) >= 11 is 0. The third kappa shape index (κ3) is 3.65. The minimum Gasteiger partial charge on any atom is -0.298 e. The summed E-state index contributed by atoms with van der Waals surface area (Å²) < 4.78 is 23.8. The zero-order valence-corrected chi connectivity index (χ0v) is 6.73. The van der Waals surface area contributed by atoms with Gasteiger partial charge in [0, 0.05) is 0 Å². The Morgan fingerprint density at radius 2 is 1.55 bits per heavy atom. The van der Waals surface area contributed by atoms with Crippen molar-refractivity contribution in [2.75, 3.05) is 19.6 Å². The lowest BCUT2D eigenvalue weighted by molar-refractivity contribution is 0.0900. The highest BCUT2D eigenvalue weighted by Gasteiger charge is 2.12. The maximum Gasteiger partial charge on any atom is 0.251 e. The predicted molar refractivity (Wildman–Crippen MR) is 40.9 cm³/mol. The van der Waals surface area contributed by atoms with Gasteiger partial charge in [-0.2, -0.15) is 0 Å². The monoisotopic (exact) mass is 163 g/mol. The Hall–Kier alpha value is -0.180. The van der Waals surface area contributed by atoms with Crippen molar-refractivity contribution in [2.45, 2.75) is 32.1 Å². The molecule has 1 fully saturated rings. The van der Waals surface area contributed by atoms with Crippen molar-refractivity contribution in [1.29, 1.82) is 0 Å². The Kier molecular flexibility index (Phi) is 3.77. The topological polar surface area (TPSA) is 3.24 Å². The van der Waals surface area contributed by atoms with Crippen molar-refractivity contribution >= 4 is 0 Å². The maximum absolute atomic E-state index is 11.9. The highest BCUT2D eigenvalue weighted by atomic mass is 19.3. The van der Waals surface area contributed by atoms with E-state index in [1.165, 1.54) is 12.8 Å². The number of likely N-dealkylation sites (tertiary alicyclic amines) is 1. The van der Waals surface area contributed by atoms with Crippen LogP contribution in [0.15, 0.2) is 0 Å². The van der Waals surface area contributed by atoms with E-state index >= 15 is 0 Å². The second-order valence-electron chi connectivity index (χ2n) is 3.11. The number of hydrogen-bond donors (Lipinski definition) is 0. The SMILES string of the molecule is FC(F)CN1CCCCCC1. The average Bonchev–Trinajstić information content (AvgIpc) is 2.14. The molecule has 0 saturated carbocycles. The quantitative estimate of drug-likeness (QED) is 0.602. The van der Waals surface area contributed by atoms with E-state index in [0.29, 0.717) is 0 Å². The van der Waals surface area contributed by atoms with Crippen LogP contribution < -0.4 is 0 Å². The molecule has 0 bridgehead atoms. The van der Waals surface area contributed by atoms with Gasteiger partial charge in [0.25, 0.3) is 6.43 Å². The van der Waals surface area contributed by atoms with E-state index in [1.807, 2.05) is 4.90 Å². The van der Waals surface area contributed by atoms with Gasteiger partial charge in [-0.25, -0.2) is 8.78 Å². The van der Waals surface area contributed by atoms with E-state index in [1.54, 1.807) is 0 Å². The van der Waals surface area contributed by atoms with Crippen LogP contribution in [0.3, 0.4) is 0 Å². The molecule has 1 aliphatic rings. The van der Waals surface area contributed by atoms with Gasteiger partial charge in [0.1, 0.15) is 0 Å². The van der Waals surface area contributed by atoms with Crippen molar-refractivity contribution in [3.8, 4) is 0 Å². The fraction of sp³-hybridized carbons (Fsp3) is 1.00. The van der Waals surface area contributed by atoms with Gasteiger partial charge in [-0.3, -0.25) is 4.90 Å². The number of hydrogen-bond acceptors (Lipinski definition) is 1. The van der Waals surface area contributed by atoms with E-state index < -0.39 is 6.43 Å². The summed E-state index contributed by atoms with van der Waals surface area (Å²) in [5, 5.41) is 0. The summed E-state index contributed by atoms with van der Waals surface area (Å²) in [5.41, 5.74) is 0. The van der Waals surface area contributed by atoms with Crippen LogP contribution in [0.2, 0.25) is 0 Å². The summed E-state index contributed by atoms with van der Waals surface area (Å²) in [6.07, 6.45) is 2.44. The van der Waals surface area contributed by atoms with Crippen LogP contribution in [-0.2, 0) is 0 Å². The van der Waals surface area contributed by atoms with Crippen LogP contribution in [0.4, 0.5) is 8.78 Å². The molecule has 0 amide bonds. The molecular formula is C8H15F2N. The Morgan fingerprint density at radius 1 is 1.00 bits per heavy atom. The smallest absolute Gasteiger partial charge is 0.251 e. The molecule has 0 radical (unpaired) electrons. The summed E-state index contributed by atoms with van der Waals surface area (Å²) in [5.74, 6) is 0. The molecular weight excluding hydrogens is 148 g/mol. The molecule has 3 heteroatoms. The lowest BCUT2D eigenvalue weighted by Crippen LogP contribution is -2.29. The maximum atomic E-state index is 11.9. The van der Waals surface area contributed by atoms with Crippen LogP contribution in [0, 0.1) is 0 Å². The summed E-state index contributed by atoms with van der Waals surface area (Å²) in [4.78, 5) is 1.87.